The van der Waals surface area contributed by atoms with Crippen LogP contribution < -0.4 is 5.32 Å². The van der Waals surface area contributed by atoms with Crippen molar-refractivity contribution < 1.29 is 14.3 Å². The fraction of sp³-hybridized carbons (Fsp3) is 0.467. The molecular formula is C15H20N2O3. The molecule has 1 N–H and O–H groups in total. The average Bonchev–Trinajstić information content (AvgIpc) is 2.84. The summed E-state index contributed by atoms with van der Waals surface area (Å²) >= 11 is 0. The lowest BCUT2D eigenvalue weighted by molar-refractivity contribution is -0.116. The summed E-state index contributed by atoms with van der Waals surface area (Å²) in [5, 5.41) is 2.95. The molecule has 0 atom stereocenters. The van der Waals surface area contributed by atoms with Gasteiger partial charge in [-0.3, -0.25) is 4.79 Å². The van der Waals surface area contributed by atoms with E-state index in [1.165, 1.54) is 0 Å². The Morgan fingerprint density at radius 1 is 1.45 bits per heavy atom. The number of nitrogens with one attached hydrogen (secondary N) is 1. The van der Waals surface area contributed by atoms with Crippen molar-refractivity contribution in [2.24, 2.45) is 0 Å². The van der Waals surface area contributed by atoms with Crippen LogP contribution in [0.25, 0.3) is 0 Å². The third kappa shape index (κ3) is 3.29. The third-order valence-corrected chi connectivity index (χ3v) is 3.46. The van der Waals surface area contributed by atoms with E-state index in [1.54, 1.807) is 4.90 Å². The smallest absolute Gasteiger partial charge is 0.409 e. The van der Waals surface area contributed by atoms with Gasteiger partial charge in [0, 0.05) is 18.7 Å². The largest absolute Gasteiger partial charge is 0.448 e. The van der Waals surface area contributed by atoms with Gasteiger partial charge in [-0.15, -0.1) is 0 Å². The molecule has 2 amide bonds. The maximum absolute atomic E-state index is 12.0. The molecule has 108 valence electrons. The maximum atomic E-state index is 12.0. The van der Waals surface area contributed by atoms with E-state index in [0.717, 1.165) is 23.2 Å². The van der Waals surface area contributed by atoms with Crippen LogP contribution in [0.15, 0.2) is 18.2 Å². The lowest BCUT2D eigenvalue weighted by Crippen LogP contribution is -2.28. The highest BCUT2D eigenvalue weighted by Crippen LogP contribution is 2.21. The summed E-state index contributed by atoms with van der Waals surface area (Å²) in [5.74, 6) is -0.0753. The molecule has 20 heavy (non-hydrogen) atoms. The van der Waals surface area contributed by atoms with Gasteiger partial charge < -0.3 is 15.0 Å². The van der Waals surface area contributed by atoms with Gasteiger partial charge in [0.15, 0.2) is 0 Å². The van der Waals surface area contributed by atoms with Crippen molar-refractivity contribution in [1.82, 2.24) is 4.90 Å². The number of ether oxygens (including phenoxy) is 1. The number of nitrogens with zero attached hydrogens (tertiary/aromatic N) is 1. The number of carbonyl (C=O) groups excluding carboxylic acids is 2. The van der Waals surface area contributed by atoms with Gasteiger partial charge >= 0.3 is 6.09 Å². The number of rotatable bonds is 5. The summed E-state index contributed by atoms with van der Waals surface area (Å²) in [6, 6.07) is 5.98. The molecule has 1 aromatic rings. The minimum absolute atomic E-state index is 0.0753. The summed E-state index contributed by atoms with van der Waals surface area (Å²) in [7, 11) is 0. The molecular weight excluding hydrogens is 256 g/mol. The van der Waals surface area contributed by atoms with E-state index >= 15 is 0 Å². The standard InChI is InChI=1S/C15H20N2O3/c1-3-12-6-4-5-11(2)14(12)16-13(18)7-8-17-9-10-20-15(17)19/h4-6H,3,7-10H2,1-2H3,(H,16,18). The van der Waals surface area contributed by atoms with Crippen LogP contribution in [-0.4, -0.2) is 36.6 Å². The summed E-state index contributed by atoms with van der Waals surface area (Å²) in [5.41, 5.74) is 3.07. The zero-order chi connectivity index (χ0) is 14.5. The molecule has 5 nitrogen and oxygen atoms in total. The zero-order valence-corrected chi connectivity index (χ0v) is 11.9. The molecule has 1 aliphatic rings. The highest BCUT2D eigenvalue weighted by Gasteiger charge is 2.22. The van der Waals surface area contributed by atoms with Crippen molar-refractivity contribution in [3.05, 3.63) is 29.3 Å². The molecule has 1 saturated heterocycles. The van der Waals surface area contributed by atoms with E-state index in [-0.39, 0.29) is 18.4 Å². The first kappa shape index (κ1) is 14.4. The minimum Gasteiger partial charge on any atom is -0.448 e. The number of carbonyl (C=O) groups is 2. The molecule has 1 fully saturated rings. The lowest BCUT2D eigenvalue weighted by Gasteiger charge is -2.15. The molecule has 1 aliphatic heterocycles. The van der Waals surface area contributed by atoms with Crippen molar-refractivity contribution in [2.75, 3.05) is 25.0 Å². The van der Waals surface area contributed by atoms with Gasteiger partial charge in [-0.2, -0.15) is 0 Å². The molecule has 0 spiro atoms. The van der Waals surface area contributed by atoms with Crippen LogP contribution in [0.2, 0.25) is 0 Å². The fourth-order valence-corrected chi connectivity index (χ4v) is 2.27. The van der Waals surface area contributed by atoms with Crippen LogP contribution in [-0.2, 0) is 16.0 Å². The minimum atomic E-state index is -0.331. The number of anilines is 1. The Morgan fingerprint density at radius 3 is 2.90 bits per heavy atom. The Kier molecular flexibility index (Phi) is 4.61. The van der Waals surface area contributed by atoms with Crippen LogP contribution >= 0.6 is 0 Å². The van der Waals surface area contributed by atoms with Crippen LogP contribution in [0.3, 0.4) is 0 Å². The van der Waals surface area contributed by atoms with Crippen molar-refractivity contribution in [3.63, 3.8) is 0 Å². The van der Waals surface area contributed by atoms with Crippen LogP contribution in [0, 0.1) is 6.92 Å². The molecule has 0 aromatic heterocycles. The Balaban J connectivity index is 1.93. The first-order chi connectivity index (χ1) is 9.61. The number of benzene rings is 1. The van der Waals surface area contributed by atoms with Crippen molar-refractivity contribution in [3.8, 4) is 0 Å². The number of cyclic esters (lactones) is 1. The molecule has 0 unspecified atom stereocenters. The third-order valence-electron chi connectivity index (χ3n) is 3.46. The van der Waals surface area contributed by atoms with Gasteiger partial charge in [-0.05, 0) is 24.5 Å². The predicted molar refractivity (Wildman–Crippen MR) is 76.7 cm³/mol. The van der Waals surface area contributed by atoms with Crippen molar-refractivity contribution in [1.29, 1.82) is 0 Å². The normalized spacial score (nSPS) is 14.3. The van der Waals surface area contributed by atoms with Crippen LogP contribution in [0.1, 0.15) is 24.5 Å². The van der Waals surface area contributed by atoms with E-state index in [1.807, 2.05) is 25.1 Å². The second-order valence-corrected chi connectivity index (χ2v) is 4.86. The molecule has 1 heterocycles. The van der Waals surface area contributed by atoms with E-state index in [9.17, 15) is 9.59 Å². The Labute approximate surface area is 118 Å². The molecule has 1 aromatic carbocycles. The van der Waals surface area contributed by atoms with Gasteiger partial charge in [0.25, 0.3) is 0 Å². The van der Waals surface area contributed by atoms with Crippen LogP contribution in [0.5, 0.6) is 0 Å². The highest BCUT2D eigenvalue weighted by molar-refractivity contribution is 5.92. The van der Waals surface area contributed by atoms with Crippen molar-refractivity contribution >= 4 is 17.7 Å². The molecule has 0 aliphatic carbocycles. The fourth-order valence-electron chi connectivity index (χ4n) is 2.27. The van der Waals surface area contributed by atoms with Crippen molar-refractivity contribution in [2.45, 2.75) is 26.7 Å². The average molecular weight is 276 g/mol. The molecule has 2 rings (SSSR count). The van der Waals surface area contributed by atoms with Gasteiger partial charge in [-0.1, -0.05) is 25.1 Å². The van der Waals surface area contributed by atoms with E-state index < -0.39 is 0 Å². The summed E-state index contributed by atoms with van der Waals surface area (Å²) in [6.07, 6.45) is 0.824. The summed E-state index contributed by atoms with van der Waals surface area (Å²) < 4.78 is 4.83. The lowest BCUT2D eigenvalue weighted by atomic mass is 10.1. The number of aryl methyl sites for hydroxylation is 2. The summed E-state index contributed by atoms with van der Waals surface area (Å²) in [6.45, 7) is 5.42. The SMILES string of the molecule is CCc1cccc(C)c1NC(=O)CCN1CCOC1=O. The summed E-state index contributed by atoms with van der Waals surface area (Å²) in [4.78, 5) is 24.8. The van der Waals surface area contributed by atoms with E-state index in [2.05, 4.69) is 12.2 Å². The van der Waals surface area contributed by atoms with Gasteiger partial charge in [0.1, 0.15) is 6.61 Å². The molecule has 0 radical (unpaired) electrons. The first-order valence-corrected chi connectivity index (χ1v) is 6.92. The molecule has 0 bridgehead atoms. The highest BCUT2D eigenvalue weighted by atomic mass is 16.6. The molecule has 0 saturated carbocycles. The number of para-hydroxylation sites is 1. The predicted octanol–water partition coefficient (Wildman–Crippen LogP) is 2.34. The molecule has 5 heteroatoms. The second-order valence-electron chi connectivity index (χ2n) is 4.86. The van der Waals surface area contributed by atoms with Crippen LogP contribution in [0.4, 0.5) is 10.5 Å². The Bertz CT molecular complexity index is 514. The Hall–Kier alpha value is -2.04. The topological polar surface area (TPSA) is 58.6 Å². The quantitative estimate of drug-likeness (QED) is 0.898. The second kappa shape index (κ2) is 6.41. The Morgan fingerprint density at radius 2 is 2.25 bits per heavy atom. The zero-order valence-electron chi connectivity index (χ0n) is 11.9. The maximum Gasteiger partial charge on any atom is 0.409 e. The van der Waals surface area contributed by atoms with E-state index in [0.29, 0.717) is 19.7 Å². The number of amides is 2. The van der Waals surface area contributed by atoms with Gasteiger partial charge in [0.05, 0.1) is 6.54 Å². The van der Waals surface area contributed by atoms with Gasteiger partial charge in [-0.25, -0.2) is 4.79 Å². The monoisotopic (exact) mass is 276 g/mol. The van der Waals surface area contributed by atoms with Gasteiger partial charge in [0.2, 0.25) is 5.91 Å². The number of hydrogen-bond acceptors (Lipinski definition) is 3. The van der Waals surface area contributed by atoms with E-state index in [4.69, 9.17) is 4.74 Å². The number of hydrogen-bond donors (Lipinski definition) is 1. The first-order valence-electron chi connectivity index (χ1n) is 6.92.